The summed E-state index contributed by atoms with van der Waals surface area (Å²) in [4.78, 5) is 1.34. The van der Waals surface area contributed by atoms with E-state index in [2.05, 4.69) is 52.5 Å². The first kappa shape index (κ1) is 11.4. The number of nitrogens with zero attached hydrogens (tertiary/aromatic N) is 2. The second kappa shape index (κ2) is 5.27. The first-order valence-corrected chi connectivity index (χ1v) is 6.40. The Hall–Kier alpha value is -1.13. The van der Waals surface area contributed by atoms with Gasteiger partial charge in [0.25, 0.3) is 0 Å². The summed E-state index contributed by atoms with van der Waals surface area (Å²) in [6, 6.07) is 6.80. The van der Waals surface area contributed by atoms with Crippen molar-refractivity contribution in [1.29, 1.82) is 0 Å². The Balaban J connectivity index is 2.01. The van der Waals surface area contributed by atoms with Crippen molar-refractivity contribution in [3.63, 3.8) is 0 Å². The van der Waals surface area contributed by atoms with Crippen molar-refractivity contribution in [3.05, 3.63) is 40.3 Å². The third kappa shape index (κ3) is 2.93. The highest BCUT2D eigenvalue weighted by atomic mass is 32.1. The molecule has 2 aromatic rings. The zero-order valence-electron chi connectivity index (χ0n) is 9.68. The maximum Gasteiger partial charge on any atom is 0.0755 e. The molecule has 0 bridgehead atoms. The summed E-state index contributed by atoms with van der Waals surface area (Å²) < 4.78 is 2.06. The smallest absolute Gasteiger partial charge is 0.0755 e. The van der Waals surface area contributed by atoms with Gasteiger partial charge >= 0.3 is 0 Å². The number of hydrogen-bond acceptors (Lipinski definition) is 3. The number of thiophene rings is 1. The first-order valence-electron chi connectivity index (χ1n) is 5.52. The molecule has 1 N–H and O–H groups in total. The summed E-state index contributed by atoms with van der Waals surface area (Å²) in [6.45, 7) is 6.06. The molecule has 4 heteroatoms. The molecule has 2 aromatic heterocycles. The quantitative estimate of drug-likeness (QED) is 0.863. The van der Waals surface area contributed by atoms with Crippen LogP contribution in [0, 0.1) is 0 Å². The Bertz CT molecular complexity index is 417. The lowest BCUT2D eigenvalue weighted by atomic mass is 10.3. The van der Waals surface area contributed by atoms with Crippen LogP contribution in [-0.2, 0) is 13.1 Å². The lowest BCUT2D eigenvalue weighted by Gasteiger charge is -2.10. The molecule has 0 atom stereocenters. The second-order valence-electron chi connectivity index (χ2n) is 4.10. The fraction of sp³-hybridized carbons (Fsp3) is 0.417. The largest absolute Gasteiger partial charge is 0.309 e. The molecule has 0 fully saturated rings. The molecule has 0 aliphatic heterocycles. The maximum atomic E-state index is 4.35. The molecule has 86 valence electrons. The highest BCUT2D eigenvalue weighted by Crippen LogP contribution is 2.11. The van der Waals surface area contributed by atoms with E-state index < -0.39 is 0 Å². The van der Waals surface area contributed by atoms with Gasteiger partial charge in [-0.25, -0.2) is 0 Å². The normalized spacial score (nSPS) is 11.2. The molecule has 0 spiro atoms. The Labute approximate surface area is 100 Å². The van der Waals surface area contributed by atoms with E-state index in [4.69, 9.17) is 0 Å². The van der Waals surface area contributed by atoms with Crippen LogP contribution < -0.4 is 5.32 Å². The zero-order valence-corrected chi connectivity index (χ0v) is 10.5. The molecule has 0 saturated carbocycles. The van der Waals surface area contributed by atoms with Gasteiger partial charge in [-0.2, -0.15) is 5.10 Å². The summed E-state index contributed by atoms with van der Waals surface area (Å²) >= 11 is 1.77. The van der Waals surface area contributed by atoms with Gasteiger partial charge in [-0.1, -0.05) is 19.9 Å². The van der Waals surface area contributed by atoms with E-state index in [1.165, 1.54) is 10.6 Å². The predicted molar refractivity (Wildman–Crippen MR) is 67.6 cm³/mol. The van der Waals surface area contributed by atoms with Crippen LogP contribution in [0.5, 0.6) is 0 Å². The van der Waals surface area contributed by atoms with Gasteiger partial charge in [0.15, 0.2) is 0 Å². The van der Waals surface area contributed by atoms with E-state index in [9.17, 15) is 0 Å². The fourth-order valence-corrected chi connectivity index (χ4v) is 2.20. The van der Waals surface area contributed by atoms with Gasteiger partial charge in [-0.05, 0) is 17.5 Å². The van der Waals surface area contributed by atoms with E-state index in [1.54, 1.807) is 11.3 Å². The maximum absolute atomic E-state index is 4.35. The Morgan fingerprint density at radius 2 is 2.31 bits per heavy atom. The molecule has 0 unspecified atom stereocenters. The minimum atomic E-state index is 0.505. The van der Waals surface area contributed by atoms with Gasteiger partial charge < -0.3 is 5.32 Å². The lowest BCUT2D eigenvalue weighted by Crippen LogP contribution is -2.23. The number of hydrogen-bond donors (Lipinski definition) is 1. The Morgan fingerprint density at radius 1 is 1.44 bits per heavy atom. The van der Waals surface area contributed by atoms with Crippen LogP contribution in [0.2, 0.25) is 0 Å². The average Bonchev–Trinajstić information content (AvgIpc) is 2.87. The Morgan fingerprint density at radius 3 is 3.00 bits per heavy atom. The van der Waals surface area contributed by atoms with Crippen LogP contribution in [0.1, 0.15) is 24.4 Å². The van der Waals surface area contributed by atoms with E-state index in [-0.39, 0.29) is 0 Å². The molecule has 16 heavy (non-hydrogen) atoms. The molecule has 0 amide bonds. The standard InChI is InChI=1S/C12H17N3S/c1-10(2)13-8-11-5-6-14-15(11)9-12-4-3-7-16-12/h3-7,10,13H,8-9H2,1-2H3. The fourth-order valence-electron chi connectivity index (χ4n) is 1.51. The summed E-state index contributed by atoms with van der Waals surface area (Å²) in [5, 5.41) is 9.86. The highest BCUT2D eigenvalue weighted by molar-refractivity contribution is 7.09. The van der Waals surface area contributed by atoms with Crippen molar-refractivity contribution in [2.75, 3.05) is 0 Å². The Kier molecular flexibility index (Phi) is 3.74. The van der Waals surface area contributed by atoms with Crippen molar-refractivity contribution in [2.24, 2.45) is 0 Å². The first-order chi connectivity index (χ1) is 7.75. The van der Waals surface area contributed by atoms with Gasteiger partial charge in [0.1, 0.15) is 0 Å². The number of nitrogens with one attached hydrogen (secondary N) is 1. The van der Waals surface area contributed by atoms with Crippen molar-refractivity contribution in [3.8, 4) is 0 Å². The molecule has 2 rings (SSSR count). The minimum Gasteiger partial charge on any atom is -0.309 e. The van der Waals surface area contributed by atoms with Crippen LogP contribution in [-0.4, -0.2) is 15.8 Å². The van der Waals surface area contributed by atoms with Crippen LogP contribution in [0.25, 0.3) is 0 Å². The van der Waals surface area contributed by atoms with Gasteiger partial charge in [0.05, 0.1) is 12.2 Å². The van der Waals surface area contributed by atoms with Crippen molar-refractivity contribution < 1.29 is 0 Å². The molecule has 2 heterocycles. The summed E-state index contributed by atoms with van der Waals surface area (Å²) in [7, 11) is 0. The number of aromatic nitrogens is 2. The van der Waals surface area contributed by atoms with Crippen LogP contribution in [0.3, 0.4) is 0 Å². The number of rotatable bonds is 5. The van der Waals surface area contributed by atoms with Gasteiger partial charge in [-0.3, -0.25) is 4.68 Å². The third-order valence-electron chi connectivity index (χ3n) is 2.38. The van der Waals surface area contributed by atoms with Crippen molar-refractivity contribution >= 4 is 11.3 Å². The molecule has 0 radical (unpaired) electrons. The summed E-state index contributed by atoms with van der Waals surface area (Å²) in [5.74, 6) is 0. The van der Waals surface area contributed by atoms with Crippen molar-refractivity contribution in [1.82, 2.24) is 15.1 Å². The van der Waals surface area contributed by atoms with E-state index in [1.807, 2.05) is 6.20 Å². The van der Waals surface area contributed by atoms with Gasteiger partial charge in [0, 0.05) is 23.7 Å². The van der Waals surface area contributed by atoms with Gasteiger partial charge in [-0.15, -0.1) is 11.3 Å². The van der Waals surface area contributed by atoms with Crippen LogP contribution in [0.15, 0.2) is 29.8 Å². The monoisotopic (exact) mass is 235 g/mol. The highest BCUT2D eigenvalue weighted by Gasteiger charge is 2.04. The SMILES string of the molecule is CC(C)NCc1ccnn1Cc1cccs1. The molecular formula is C12H17N3S. The van der Waals surface area contributed by atoms with Crippen molar-refractivity contribution in [2.45, 2.75) is 33.0 Å². The summed E-state index contributed by atoms with van der Waals surface area (Å²) in [5.41, 5.74) is 1.24. The summed E-state index contributed by atoms with van der Waals surface area (Å²) in [6.07, 6.45) is 1.87. The third-order valence-corrected chi connectivity index (χ3v) is 3.24. The average molecular weight is 235 g/mol. The molecule has 0 aliphatic rings. The van der Waals surface area contributed by atoms with E-state index in [0.717, 1.165) is 13.1 Å². The molecule has 0 aliphatic carbocycles. The van der Waals surface area contributed by atoms with Gasteiger partial charge in [0.2, 0.25) is 0 Å². The minimum absolute atomic E-state index is 0.505. The van der Waals surface area contributed by atoms with E-state index in [0.29, 0.717) is 6.04 Å². The van der Waals surface area contributed by atoms with Crippen LogP contribution in [0.4, 0.5) is 0 Å². The molecule has 0 saturated heterocycles. The molecular weight excluding hydrogens is 218 g/mol. The van der Waals surface area contributed by atoms with E-state index >= 15 is 0 Å². The topological polar surface area (TPSA) is 29.9 Å². The molecule has 3 nitrogen and oxygen atoms in total. The zero-order chi connectivity index (χ0) is 11.4. The van der Waals surface area contributed by atoms with Crippen LogP contribution >= 0.6 is 11.3 Å². The lowest BCUT2D eigenvalue weighted by molar-refractivity contribution is 0.548. The molecule has 0 aromatic carbocycles. The predicted octanol–water partition coefficient (Wildman–Crippen LogP) is 2.49. The second-order valence-corrected chi connectivity index (χ2v) is 5.13.